The Hall–Kier alpha value is -2.34. The highest BCUT2D eigenvalue weighted by atomic mass is 16.4. The van der Waals surface area contributed by atoms with E-state index in [2.05, 4.69) is 10.3 Å². The Labute approximate surface area is 122 Å². The van der Waals surface area contributed by atoms with Gasteiger partial charge in [0.2, 0.25) is 5.91 Å². The second-order valence-corrected chi connectivity index (χ2v) is 5.15. The van der Waals surface area contributed by atoms with Crippen LogP contribution < -0.4 is 11.1 Å². The van der Waals surface area contributed by atoms with Gasteiger partial charge in [-0.25, -0.2) is 0 Å². The van der Waals surface area contributed by atoms with Crippen molar-refractivity contribution < 1.29 is 14.7 Å². The van der Waals surface area contributed by atoms with Crippen LogP contribution in [0.15, 0.2) is 30.5 Å². The molecule has 0 aliphatic carbocycles. The van der Waals surface area contributed by atoms with Crippen molar-refractivity contribution >= 4 is 22.8 Å². The van der Waals surface area contributed by atoms with Crippen LogP contribution in [0.4, 0.5) is 0 Å². The number of rotatable bonds is 6. The fourth-order valence-corrected chi connectivity index (χ4v) is 2.10. The molecule has 1 heterocycles. The first-order chi connectivity index (χ1) is 9.99. The van der Waals surface area contributed by atoms with E-state index < -0.39 is 17.9 Å². The van der Waals surface area contributed by atoms with Gasteiger partial charge in [-0.05, 0) is 18.1 Å². The molecule has 2 atom stereocenters. The molecule has 0 saturated carbocycles. The third-order valence-electron chi connectivity index (χ3n) is 3.46. The Balaban J connectivity index is 1.96. The number of aromatic amines is 1. The highest BCUT2D eigenvalue weighted by molar-refractivity contribution is 5.86. The standard InChI is InChI=1S/C15H19N3O3/c1-9(15(20)21)7-18-14(19)12(16)6-10-8-17-13-5-3-2-4-11(10)13/h2-5,8-9,12,17H,6-7,16H2,1H3,(H,18,19)(H,20,21)/t9?,12-/m0/s1. The Morgan fingerprint density at radius 2 is 2.10 bits per heavy atom. The van der Waals surface area contributed by atoms with E-state index in [4.69, 9.17) is 10.8 Å². The van der Waals surface area contributed by atoms with Gasteiger partial charge in [-0.15, -0.1) is 0 Å². The zero-order valence-electron chi connectivity index (χ0n) is 11.8. The topological polar surface area (TPSA) is 108 Å². The molecule has 0 fully saturated rings. The number of carbonyl (C=O) groups excluding carboxylic acids is 1. The van der Waals surface area contributed by atoms with Crippen LogP contribution in [0.2, 0.25) is 0 Å². The van der Waals surface area contributed by atoms with Gasteiger partial charge in [0.25, 0.3) is 0 Å². The number of aromatic nitrogens is 1. The van der Waals surface area contributed by atoms with E-state index in [0.29, 0.717) is 6.42 Å². The lowest BCUT2D eigenvalue weighted by Gasteiger charge is -2.13. The number of hydrogen-bond acceptors (Lipinski definition) is 3. The molecule has 0 bridgehead atoms. The molecule has 6 heteroatoms. The summed E-state index contributed by atoms with van der Waals surface area (Å²) in [6, 6.07) is 7.09. The van der Waals surface area contributed by atoms with Crippen LogP contribution in [-0.2, 0) is 16.0 Å². The van der Waals surface area contributed by atoms with Gasteiger partial charge in [-0.3, -0.25) is 9.59 Å². The molecule has 1 amide bonds. The molecule has 2 aromatic rings. The monoisotopic (exact) mass is 289 g/mol. The molecule has 5 N–H and O–H groups in total. The Kier molecular flexibility index (Phi) is 4.59. The quantitative estimate of drug-likeness (QED) is 0.633. The molecule has 0 spiro atoms. The predicted octanol–water partition coefficient (Wildman–Crippen LogP) is 0.875. The molecular formula is C15H19N3O3. The molecule has 0 saturated heterocycles. The molecular weight excluding hydrogens is 270 g/mol. The highest BCUT2D eigenvalue weighted by Crippen LogP contribution is 2.18. The van der Waals surface area contributed by atoms with E-state index >= 15 is 0 Å². The normalized spacial score (nSPS) is 13.8. The van der Waals surface area contributed by atoms with Crippen LogP contribution in [0.25, 0.3) is 10.9 Å². The smallest absolute Gasteiger partial charge is 0.308 e. The lowest BCUT2D eigenvalue weighted by molar-refractivity contribution is -0.141. The van der Waals surface area contributed by atoms with E-state index in [9.17, 15) is 9.59 Å². The molecule has 1 unspecified atom stereocenters. The first-order valence-electron chi connectivity index (χ1n) is 6.80. The number of para-hydroxylation sites is 1. The van der Waals surface area contributed by atoms with Crippen LogP contribution >= 0.6 is 0 Å². The van der Waals surface area contributed by atoms with Gasteiger partial charge < -0.3 is 21.1 Å². The maximum atomic E-state index is 11.9. The third-order valence-corrected chi connectivity index (χ3v) is 3.46. The van der Waals surface area contributed by atoms with Crippen molar-refractivity contribution in [3.8, 4) is 0 Å². The molecule has 21 heavy (non-hydrogen) atoms. The van der Waals surface area contributed by atoms with Crippen LogP contribution in [-0.4, -0.2) is 34.6 Å². The Bertz CT molecular complexity index is 650. The number of carboxylic acids is 1. The van der Waals surface area contributed by atoms with Crippen LogP contribution in [0.5, 0.6) is 0 Å². The van der Waals surface area contributed by atoms with Crippen molar-refractivity contribution in [2.45, 2.75) is 19.4 Å². The number of amides is 1. The fourth-order valence-electron chi connectivity index (χ4n) is 2.10. The lowest BCUT2D eigenvalue weighted by atomic mass is 10.0. The van der Waals surface area contributed by atoms with Crippen molar-refractivity contribution in [2.75, 3.05) is 6.54 Å². The molecule has 2 rings (SSSR count). The molecule has 0 aliphatic heterocycles. The van der Waals surface area contributed by atoms with Gasteiger partial charge in [0, 0.05) is 23.6 Å². The van der Waals surface area contributed by atoms with E-state index in [1.807, 2.05) is 30.5 Å². The third kappa shape index (κ3) is 3.61. The van der Waals surface area contributed by atoms with E-state index in [0.717, 1.165) is 16.5 Å². The minimum Gasteiger partial charge on any atom is -0.481 e. The predicted molar refractivity (Wildman–Crippen MR) is 79.8 cm³/mol. The zero-order chi connectivity index (χ0) is 15.4. The Morgan fingerprint density at radius 1 is 1.38 bits per heavy atom. The minimum atomic E-state index is -0.944. The molecule has 0 radical (unpaired) electrons. The number of nitrogens with one attached hydrogen (secondary N) is 2. The lowest BCUT2D eigenvalue weighted by Crippen LogP contribution is -2.44. The molecule has 1 aromatic carbocycles. The SMILES string of the molecule is CC(CNC(=O)[C@@H](N)Cc1c[nH]c2ccccc12)C(=O)O. The van der Waals surface area contributed by atoms with Crippen molar-refractivity contribution in [1.29, 1.82) is 0 Å². The van der Waals surface area contributed by atoms with Crippen molar-refractivity contribution in [3.05, 3.63) is 36.0 Å². The summed E-state index contributed by atoms with van der Waals surface area (Å²) in [5.41, 5.74) is 7.86. The number of benzene rings is 1. The van der Waals surface area contributed by atoms with Crippen molar-refractivity contribution in [1.82, 2.24) is 10.3 Å². The fraction of sp³-hybridized carbons (Fsp3) is 0.333. The van der Waals surface area contributed by atoms with Crippen LogP contribution in [0, 0.1) is 5.92 Å². The number of fused-ring (bicyclic) bond motifs is 1. The summed E-state index contributed by atoms with van der Waals surface area (Å²) in [5.74, 6) is -1.91. The second-order valence-electron chi connectivity index (χ2n) is 5.15. The largest absolute Gasteiger partial charge is 0.481 e. The zero-order valence-corrected chi connectivity index (χ0v) is 11.8. The van der Waals surface area contributed by atoms with E-state index in [-0.39, 0.29) is 12.5 Å². The number of hydrogen-bond donors (Lipinski definition) is 4. The number of H-pyrrole nitrogens is 1. The summed E-state index contributed by atoms with van der Waals surface area (Å²) >= 11 is 0. The van der Waals surface area contributed by atoms with E-state index in [1.54, 1.807) is 0 Å². The average Bonchev–Trinajstić information content (AvgIpc) is 2.87. The summed E-state index contributed by atoms with van der Waals surface area (Å²) in [5, 5.41) is 12.4. The maximum Gasteiger partial charge on any atom is 0.308 e. The van der Waals surface area contributed by atoms with Gasteiger partial charge in [0.1, 0.15) is 0 Å². The first kappa shape index (κ1) is 15.1. The van der Waals surface area contributed by atoms with E-state index in [1.165, 1.54) is 6.92 Å². The van der Waals surface area contributed by atoms with Gasteiger partial charge >= 0.3 is 5.97 Å². The number of carbonyl (C=O) groups is 2. The summed E-state index contributed by atoms with van der Waals surface area (Å²) in [6.07, 6.45) is 2.25. The minimum absolute atomic E-state index is 0.0791. The van der Waals surface area contributed by atoms with Gasteiger partial charge in [0.15, 0.2) is 0 Å². The van der Waals surface area contributed by atoms with Crippen LogP contribution in [0.3, 0.4) is 0 Å². The van der Waals surface area contributed by atoms with Gasteiger partial charge in [0.05, 0.1) is 12.0 Å². The number of carboxylic acid groups (broad SMARTS) is 1. The molecule has 6 nitrogen and oxygen atoms in total. The first-order valence-corrected chi connectivity index (χ1v) is 6.80. The van der Waals surface area contributed by atoms with Gasteiger partial charge in [-0.1, -0.05) is 25.1 Å². The second kappa shape index (κ2) is 6.41. The van der Waals surface area contributed by atoms with Crippen molar-refractivity contribution in [3.63, 3.8) is 0 Å². The summed E-state index contributed by atoms with van der Waals surface area (Å²) in [4.78, 5) is 25.7. The maximum absolute atomic E-state index is 11.9. The molecule has 1 aromatic heterocycles. The highest BCUT2D eigenvalue weighted by Gasteiger charge is 2.18. The van der Waals surface area contributed by atoms with Crippen molar-refractivity contribution in [2.24, 2.45) is 11.7 Å². The molecule has 112 valence electrons. The summed E-state index contributed by atoms with van der Waals surface area (Å²) in [6.45, 7) is 1.61. The average molecular weight is 289 g/mol. The Morgan fingerprint density at radius 3 is 2.81 bits per heavy atom. The number of aliphatic carboxylic acids is 1. The molecule has 0 aliphatic rings. The van der Waals surface area contributed by atoms with Crippen LogP contribution in [0.1, 0.15) is 12.5 Å². The number of nitrogens with two attached hydrogens (primary N) is 1. The van der Waals surface area contributed by atoms with Gasteiger partial charge in [-0.2, -0.15) is 0 Å². The summed E-state index contributed by atoms with van der Waals surface area (Å²) < 4.78 is 0. The summed E-state index contributed by atoms with van der Waals surface area (Å²) in [7, 11) is 0.